The first-order chi connectivity index (χ1) is 16.3. The zero-order valence-electron chi connectivity index (χ0n) is 19.8. The first-order valence-corrected chi connectivity index (χ1v) is 13.6. The van der Waals surface area contributed by atoms with Crippen LogP contribution < -0.4 is 10.6 Å². The third-order valence-electron chi connectivity index (χ3n) is 4.71. The molecular formula is C23H30N6O3S2. The van der Waals surface area contributed by atoms with Gasteiger partial charge in [0.25, 0.3) is 0 Å². The number of hydrogen-bond acceptors (Lipinski definition) is 9. The van der Waals surface area contributed by atoms with Crippen molar-refractivity contribution < 1.29 is 13.7 Å². The van der Waals surface area contributed by atoms with E-state index < -0.39 is 15.8 Å². The van der Waals surface area contributed by atoms with Gasteiger partial charge in [0.05, 0.1) is 21.9 Å². The van der Waals surface area contributed by atoms with Crippen LogP contribution in [0.15, 0.2) is 57.2 Å². The number of nitrogens with zero attached hydrogens (tertiary/aromatic N) is 4. The van der Waals surface area contributed by atoms with Crippen LogP contribution in [0.3, 0.4) is 0 Å². The highest BCUT2D eigenvalue weighted by molar-refractivity contribution is 7.93. The molecular weight excluding hydrogens is 472 g/mol. The SMILES string of the molecule is CCOC(=O)N=S(C)(=O)c1ccc(Nc2ncc(-c3cccs3)c(NCCCN(C)C)n2)cc1. The third-order valence-corrected chi connectivity index (χ3v) is 7.26. The normalized spacial score (nSPS) is 12.7. The van der Waals surface area contributed by atoms with E-state index in [1.54, 1.807) is 48.7 Å². The molecule has 0 radical (unpaired) electrons. The molecule has 1 amide bonds. The molecule has 1 atom stereocenters. The fourth-order valence-electron chi connectivity index (χ4n) is 3.06. The number of carbonyl (C=O) groups is 1. The summed E-state index contributed by atoms with van der Waals surface area (Å²) in [5.41, 5.74) is 1.67. The fraction of sp³-hybridized carbons (Fsp3) is 0.348. The van der Waals surface area contributed by atoms with Gasteiger partial charge in [-0.05, 0) is 69.7 Å². The summed E-state index contributed by atoms with van der Waals surface area (Å²) in [7, 11) is 1.21. The van der Waals surface area contributed by atoms with Crippen LogP contribution in [-0.4, -0.2) is 65.2 Å². The van der Waals surface area contributed by atoms with Gasteiger partial charge in [0.2, 0.25) is 5.95 Å². The average Bonchev–Trinajstić information content (AvgIpc) is 3.32. The summed E-state index contributed by atoms with van der Waals surface area (Å²) in [4.78, 5) is 24.5. The van der Waals surface area contributed by atoms with Crippen LogP contribution >= 0.6 is 11.3 Å². The first kappa shape index (κ1) is 25.6. The largest absolute Gasteiger partial charge is 0.448 e. The molecule has 0 saturated heterocycles. The molecule has 3 rings (SSSR count). The van der Waals surface area contributed by atoms with E-state index in [1.165, 1.54) is 6.26 Å². The Kier molecular flexibility index (Phi) is 8.97. The van der Waals surface area contributed by atoms with E-state index in [-0.39, 0.29) is 6.61 Å². The summed E-state index contributed by atoms with van der Waals surface area (Å²) >= 11 is 1.64. The van der Waals surface area contributed by atoms with Crippen molar-refractivity contribution in [3.63, 3.8) is 0 Å². The average molecular weight is 503 g/mol. The Balaban J connectivity index is 1.77. The molecule has 2 heterocycles. The molecule has 11 heteroatoms. The van der Waals surface area contributed by atoms with Crippen molar-refractivity contribution in [1.82, 2.24) is 14.9 Å². The minimum absolute atomic E-state index is 0.179. The Morgan fingerprint density at radius 1 is 1.24 bits per heavy atom. The lowest BCUT2D eigenvalue weighted by Crippen LogP contribution is -2.17. The van der Waals surface area contributed by atoms with E-state index in [0.29, 0.717) is 10.8 Å². The van der Waals surface area contributed by atoms with Gasteiger partial charge in [0.15, 0.2) is 0 Å². The minimum atomic E-state index is -2.90. The van der Waals surface area contributed by atoms with Crippen molar-refractivity contribution >= 4 is 44.6 Å². The number of hydrogen-bond donors (Lipinski definition) is 2. The van der Waals surface area contributed by atoms with Gasteiger partial charge < -0.3 is 20.3 Å². The predicted octanol–water partition coefficient (Wildman–Crippen LogP) is 4.93. The predicted molar refractivity (Wildman–Crippen MR) is 139 cm³/mol. The Labute approximate surface area is 204 Å². The number of ether oxygens (including phenoxy) is 1. The second-order valence-corrected chi connectivity index (χ2v) is 11.0. The van der Waals surface area contributed by atoms with Crippen molar-refractivity contribution in [1.29, 1.82) is 0 Å². The van der Waals surface area contributed by atoms with Crippen LogP contribution in [0.2, 0.25) is 0 Å². The second kappa shape index (κ2) is 11.9. The molecule has 1 aromatic carbocycles. The van der Waals surface area contributed by atoms with Crippen molar-refractivity contribution in [2.75, 3.05) is 50.7 Å². The van der Waals surface area contributed by atoms with E-state index in [1.807, 2.05) is 17.5 Å². The number of anilines is 3. The topological polar surface area (TPSA) is 109 Å². The molecule has 0 saturated carbocycles. The zero-order valence-corrected chi connectivity index (χ0v) is 21.4. The molecule has 2 N–H and O–H groups in total. The van der Waals surface area contributed by atoms with Gasteiger partial charge in [-0.3, -0.25) is 0 Å². The molecule has 9 nitrogen and oxygen atoms in total. The van der Waals surface area contributed by atoms with E-state index >= 15 is 0 Å². The lowest BCUT2D eigenvalue weighted by atomic mass is 10.2. The summed E-state index contributed by atoms with van der Waals surface area (Å²) in [5.74, 6) is 1.21. The van der Waals surface area contributed by atoms with E-state index in [4.69, 9.17) is 9.72 Å². The number of rotatable bonds is 10. The standard InChI is InChI=1S/C23H30N6O3S2/c1-5-32-23(30)28-34(4,31)18-11-9-17(10-12-18)26-22-25-16-19(20-8-6-15-33-20)21(27-22)24-13-7-14-29(2)3/h6,8-12,15-16H,5,7,13-14H2,1-4H3,(H2,24,25,26,27). The van der Waals surface area contributed by atoms with Gasteiger partial charge in [0.1, 0.15) is 5.82 Å². The monoisotopic (exact) mass is 502 g/mol. The molecule has 182 valence electrons. The second-order valence-electron chi connectivity index (χ2n) is 7.76. The highest BCUT2D eigenvalue weighted by Crippen LogP contribution is 2.31. The van der Waals surface area contributed by atoms with Gasteiger partial charge in [-0.25, -0.2) is 14.0 Å². The number of benzene rings is 1. The van der Waals surface area contributed by atoms with Gasteiger partial charge in [-0.15, -0.1) is 15.7 Å². The number of carbonyl (C=O) groups excluding carboxylic acids is 1. The van der Waals surface area contributed by atoms with E-state index in [2.05, 4.69) is 39.0 Å². The maximum Gasteiger partial charge on any atom is 0.442 e. The zero-order chi connectivity index (χ0) is 24.6. The van der Waals surface area contributed by atoms with Crippen molar-refractivity contribution in [3.05, 3.63) is 48.0 Å². The highest BCUT2D eigenvalue weighted by atomic mass is 32.2. The van der Waals surface area contributed by atoms with E-state index in [9.17, 15) is 9.00 Å². The lowest BCUT2D eigenvalue weighted by molar-refractivity contribution is 0.164. The molecule has 0 fully saturated rings. The molecule has 1 unspecified atom stereocenters. The molecule has 2 aromatic heterocycles. The van der Waals surface area contributed by atoms with Gasteiger partial charge in [0, 0.05) is 34.5 Å². The Morgan fingerprint density at radius 2 is 2.00 bits per heavy atom. The highest BCUT2D eigenvalue weighted by Gasteiger charge is 2.12. The van der Waals surface area contributed by atoms with Crippen molar-refractivity contribution in [3.8, 4) is 10.4 Å². The molecule has 0 bridgehead atoms. The maximum atomic E-state index is 12.8. The quantitative estimate of drug-likeness (QED) is 0.376. The first-order valence-electron chi connectivity index (χ1n) is 10.8. The maximum absolute atomic E-state index is 12.8. The summed E-state index contributed by atoms with van der Waals surface area (Å²) < 4.78 is 21.2. The van der Waals surface area contributed by atoms with Crippen LogP contribution in [-0.2, 0) is 14.5 Å². The number of thiophene rings is 1. The van der Waals surface area contributed by atoms with Crippen molar-refractivity contribution in [2.24, 2.45) is 4.36 Å². The number of amides is 1. The molecule has 34 heavy (non-hydrogen) atoms. The summed E-state index contributed by atoms with van der Waals surface area (Å²) in [6.07, 6.45) is 3.37. The van der Waals surface area contributed by atoms with Crippen LogP contribution in [0.4, 0.5) is 22.2 Å². The van der Waals surface area contributed by atoms with Crippen LogP contribution in [0.25, 0.3) is 10.4 Å². The third kappa shape index (κ3) is 7.24. The Morgan fingerprint density at radius 3 is 2.65 bits per heavy atom. The number of nitrogens with one attached hydrogen (secondary N) is 2. The van der Waals surface area contributed by atoms with E-state index in [0.717, 1.165) is 41.5 Å². The summed E-state index contributed by atoms with van der Waals surface area (Å²) in [5, 5.41) is 8.65. The summed E-state index contributed by atoms with van der Waals surface area (Å²) in [6.45, 7) is 3.62. The van der Waals surface area contributed by atoms with Gasteiger partial charge >= 0.3 is 6.09 Å². The van der Waals surface area contributed by atoms with Crippen LogP contribution in [0.1, 0.15) is 13.3 Å². The molecule has 3 aromatic rings. The van der Waals surface area contributed by atoms with Crippen LogP contribution in [0, 0.1) is 0 Å². The van der Waals surface area contributed by atoms with Gasteiger partial charge in [-0.1, -0.05) is 6.07 Å². The van der Waals surface area contributed by atoms with Crippen LogP contribution in [0.5, 0.6) is 0 Å². The Bertz CT molecular complexity index is 1200. The number of aromatic nitrogens is 2. The molecule has 0 aliphatic carbocycles. The molecule has 0 aliphatic heterocycles. The fourth-order valence-corrected chi connectivity index (χ4v) is 4.88. The summed E-state index contributed by atoms with van der Waals surface area (Å²) in [6, 6.07) is 10.9. The lowest BCUT2D eigenvalue weighted by Gasteiger charge is -2.14. The van der Waals surface area contributed by atoms with Gasteiger partial charge in [-0.2, -0.15) is 4.98 Å². The Hall–Kier alpha value is -3.02. The van der Waals surface area contributed by atoms with Crippen molar-refractivity contribution in [2.45, 2.75) is 18.2 Å². The molecule has 0 aliphatic rings. The minimum Gasteiger partial charge on any atom is -0.448 e. The molecule has 0 spiro atoms. The smallest absolute Gasteiger partial charge is 0.442 e.